The maximum absolute atomic E-state index is 11.3. The van der Waals surface area contributed by atoms with Crippen LogP contribution in [-0.4, -0.2) is 11.9 Å². The number of carbonyl (C=O) groups excluding carboxylic acids is 2. The Morgan fingerprint density at radius 1 is 0.905 bits per heavy atom. The topological polar surface area (TPSA) is 52.6 Å². The van der Waals surface area contributed by atoms with Gasteiger partial charge in [-0.25, -0.2) is 9.59 Å². The third kappa shape index (κ3) is 3.30. The van der Waals surface area contributed by atoms with E-state index in [1.165, 1.54) is 12.1 Å². The molecular formula is C16H11ClO4. The minimum Gasteiger partial charge on any atom is -0.423 e. The van der Waals surface area contributed by atoms with Gasteiger partial charge in [-0.3, -0.25) is 0 Å². The van der Waals surface area contributed by atoms with E-state index >= 15 is 0 Å². The number of rotatable bonds is 4. The highest BCUT2D eigenvalue weighted by Crippen LogP contribution is 2.35. The molecule has 0 amide bonds. The second-order valence-electron chi connectivity index (χ2n) is 4.00. The first kappa shape index (κ1) is 14.8. The van der Waals surface area contributed by atoms with Crippen molar-refractivity contribution < 1.29 is 19.1 Å². The smallest absolute Gasteiger partial charge is 0.335 e. The minimum absolute atomic E-state index is 0.302. The molecule has 0 aliphatic carbocycles. The number of hydrogen-bond donors (Lipinski definition) is 0. The molecule has 0 saturated carbocycles. The molecule has 2 aromatic rings. The van der Waals surface area contributed by atoms with E-state index in [0.717, 1.165) is 12.2 Å². The van der Waals surface area contributed by atoms with Crippen molar-refractivity contribution in [2.45, 2.75) is 0 Å². The van der Waals surface area contributed by atoms with Crippen LogP contribution >= 0.6 is 11.6 Å². The third-order valence-corrected chi connectivity index (χ3v) is 2.89. The first-order chi connectivity index (χ1) is 10.0. The van der Waals surface area contributed by atoms with Crippen LogP contribution in [0.2, 0.25) is 5.02 Å². The summed E-state index contributed by atoms with van der Waals surface area (Å²) >= 11 is 5.96. The maximum Gasteiger partial charge on any atom is 0.335 e. The number of fused-ring (bicyclic) bond motifs is 1. The molecule has 5 heteroatoms. The van der Waals surface area contributed by atoms with Gasteiger partial charge < -0.3 is 9.47 Å². The van der Waals surface area contributed by atoms with E-state index in [1.54, 1.807) is 18.2 Å². The second kappa shape index (κ2) is 6.24. The van der Waals surface area contributed by atoms with Gasteiger partial charge >= 0.3 is 11.9 Å². The summed E-state index contributed by atoms with van der Waals surface area (Å²) in [5, 5.41) is 1.60. The van der Waals surface area contributed by atoms with E-state index in [4.69, 9.17) is 21.1 Å². The van der Waals surface area contributed by atoms with Crippen molar-refractivity contribution in [1.29, 1.82) is 0 Å². The van der Waals surface area contributed by atoms with E-state index < -0.39 is 11.9 Å². The van der Waals surface area contributed by atoms with Gasteiger partial charge in [-0.05, 0) is 30.3 Å². The molecule has 0 spiro atoms. The highest BCUT2D eigenvalue weighted by atomic mass is 35.5. The van der Waals surface area contributed by atoms with Gasteiger partial charge in [0.15, 0.2) is 0 Å². The standard InChI is InChI=1S/C16H11ClO4/c1-3-15(18)20-13-7-8-14(21-16(19)4-2)12-9-10(17)5-6-11(12)13/h3-9H,1-2H2. The van der Waals surface area contributed by atoms with Crippen LogP contribution < -0.4 is 9.47 Å². The molecule has 106 valence electrons. The number of ether oxygens (including phenoxy) is 2. The molecular weight excluding hydrogens is 292 g/mol. The highest BCUT2D eigenvalue weighted by Gasteiger charge is 2.12. The van der Waals surface area contributed by atoms with Crippen LogP contribution in [0.5, 0.6) is 11.5 Å². The van der Waals surface area contributed by atoms with E-state index in [2.05, 4.69) is 13.2 Å². The zero-order valence-corrected chi connectivity index (χ0v) is 11.7. The lowest BCUT2D eigenvalue weighted by molar-refractivity contribution is -0.129. The molecule has 4 nitrogen and oxygen atoms in total. The molecule has 0 aromatic heterocycles. The lowest BCUT2D eigenvalue weighted by Gasteiger charge is -2.10. The Labute approximate surface area is 126 Å². The molecule has 2 rings (SSSR count). The first-order valence-corrected chi connectivity index (χ1v) is 6.33. The highest BCUT2D eigenvalue weighted by molar-refractivity contribution is 6.31. The predicted octanol–water partition coefficient (Wildman–Crippen LogP) is 3.68. The van der Waals surface area contributed by atoms with Gasteiger partial charge in [0.05, 0.1) is 0 Å². The van der Waals surface area contributed by atoms with Crippen LogP contribution in [0, 0.1) is 0 Å². The molecule has 0 bridgehead atoms. The van der Waals surface area contributed by atoms with Crippen LogP contribution in [0.4, 0.5) is 0 Å². The van der Waals surface area contributed by atoms with Gasteiger partial charge in [-0.15, -0.1) is 0 Å². The van der Waals surface area contributed by atoms with Crippen LogP contribution in [0.15, 0.2) is 55.6 Å². The van der Waals surface area contributed by atoms with Gasteiger partial charge in [0.25, 0.3) is 0 Å². The summed E-state index contributed by atoms with van der Waals surface area (Å²) in [6.07, 6.45) is 2.12. The van der Waals surface area contributed by atoms with E-state index in [1.807, 2.05) is 0 Å². The Balaban J connectivity index is 2.58. The zero-order valence-electron chi connectivity index (χ0n) is 11.0. The van der Waals surface area contributed by atoms with E-state index in [-0.39, 0.29) is 0 Å². The Bertz CT molecular complexity index is 749. The van der Waals surface area contributed by atoms with Crippen molar-refractivity contribution in [3.63, 3.8) is 0 Å². The number of halogens is 1. The molecule has 0 radical (unpaired) electrons. The Kier molecular flexibility index (Phi) is 4.40. The molecule has 0 unspecified atom stereocenters. The Hall–Kier alpha value is -2.59. The molecule has 0 heterocycles. The summed E-state index contributed by atoms with van der Waals surface area (Å²) in [5.41, 5.74) is 0. The molecule has 0 N–H and O–H groups in total. The summed E-state index contributed by atoms with van der Waals surface area (Å²) in [5.74, 6) is -0.546. The SMILES string of the molecule is C=CC(=O)Oc1ccc(OC(=O)C=C)c2cc(Cl)ccc12. The monoisotopic (exact) mass is 302 g/mol. The van der Waals surface area contributed by atoms with Crippen LogP contribution in [0.3, 0.4) is 0 Å². The van der Waals surface area contributed by atoms with E-state index in [0.29, 0.717) is 27.3 Å². The first-order valence-electron chi connectivity index (χ1n) is 5.96. The molecule has 0 saturated heterocycles. The fourth-order valence-corrected chi connectivity index (χ4v) is 1.92. The summed E-state index contributed by atoms with van der Waals surface area (Å²) in [4.78, 5) is 22.7. The van der Waals surface area contributed by atoms with Crippen molar-refractivity contribution in [3.05, 3.63) is 60.7 Å². The summed E-state index contributed by atoms with van der Waals surface area (Å²) in [6, 6.07) is 7.99. The van der Waals surface area contributed by atoms with Gasteiger partial charge in [-0.1, -0.05) is 24.8 Å². The molecule has 21 heavy (non-hydrogen) atoms. The number of hydrogen-bond acceptors (Lipinski definition) is 4. The average molecular weight is 303 g/mol. The maximum atomic E-state index is 11.3. The number of esters is 2. The van der Waals surface area contributed by atoms with Crippen LogP contribution in [-0.2, 0) is 9.59 Å². The largest absolute Gasteiger partial charge is 0.423 e. The van der Waals surface area contributed by atoms with Crippen LogP contribution in [0.25, 0.3) is 10.8 Å². The minimum atomic E-state index is -0.591. The fourth-order valence-electron chi connectivity index (χ4n) is 1.74. The number of benzene rings is 2. The number of carbonyl (C=O) groups is 2. The quantitative estimate of drug-likeness (QED) is 0.491. The third-order valence-electron chi connectivity index (χ3n) is 2.65. The van der Waals surface area contributed by atoms with E-state index in [9.17, 15) is 9.59 Å². The van der Waals surface area contributed by atoms with Gasteiger partial charge in [0.2, 0.25) is 0 Å². The summed E-state index contributed by atoms with van der Waals surface area (Å²) < 4.78 is 10.3. The molecule has 0 atom stereocenters. The second-order valence-corrected chi connectivity index (χ2v) is 4.44. The fraction of sp³-hybridized carbons (Fsp3) is 0. The molecule has 2 aromatic carbocycles. The zero-order chi connectivity index (χ0) is 15.4. The van der Waals surface area contributed by atoms with Crippen molar-refractivity contribution in [1.82, 2.24) is 0 Å². The normalized spacial score (nSPS) is 9.95. The van der Waals surface area contributed by atoms with Crippen molar-refractivity contribution in [2.75, 3.05) is 0 Å². The van der Waals surface area contributed by atoms with Gasteiger partial charge in [-0.2, -0.15) is 0 Å². The Morgan fingerprint density at radius 3 is 1.95 bits per heavy atom. The van der Waals surface area contributed by atoms with Gasteiger partial charge in [0, 0.05) is 27.9 Å². The average Bonchev–Trinajstić information content (AvgIpc) is 2.49. The lowest BCUT2D eigenvalue weighted by atomic mass is 10.1. The van der Waals surface area contributed by atoms with Crippen LogP contribution in [0.1, 0.15) is 0 Å². The Morgan fingerprint density at radius 2 is 1.43 bits per heavy atom. The lowest BCUT2D eigenvalue weighted by Crippen LogP contribution is -2.06. The predicted molar refractivity (Wildman–Crippen MR) is 80.6 cm³/mol. The van der Waals surface area contributed by atoms with Crippen molar-refractivity contribution in [3.8, 4) is 11.5 Å². The summed E-state index contributed by atoms with van der Waals surface area (Å²) in [7, 11) is 0. The van der Waals surface area contributed by atoms with Gasteiger partial charge in [0.1, 0.15) is 11.5 Å². The summed E-state index contributed by atoms with van der Waals surface area (Å²) in [6.45, 7) is 6.68. The molecule has 0 aliphatic heterocycles. The molecule has 0 fully saturated rings. The van der Waals surface area contributed by atoms with Crippen molar-refractivity contribution >= 4 is 34.3 Å². The molecule has 0 aliphatic rings. The van der Waals surface area contributed by atoms with Crippen molar-refractivity contribution in [2.24, 2.45) is 0 Å².